The molecule has 0 saturated carbocycles. The van der Waals surface area contributed by atoms with Gasteiger partial charge in [-0.05, 0) is 50.0 Å². The molecule has 0 aromatic heterocycles. The molecule has 2 aliphatic carbocycles. The van der Waals surface area contributed by atoms with E-state index >= 15 is 0 Å². The van der Waals surface area contributed by atoms with Gasteiger partial charge in [-0.15, -0.1) is 0 Å². The highest BCUT2D eigenvalue weighted by Crippen LogP contribution is 2.27. The molecular weight excluding hydrogens is 352 g/mol. The Hall–Kier alpha value is -2.36. The maximum atomic E-state index is 12.5. The second kappa shape index (κ2) is 10.8. The Morgan fingerprint density at radius 3 is 1.25 bits per heavy atom. The Morgan fingerprint density at radius 2 is 0.893 bits per heavy atom. The number of ketones is 4. The van der Waals surface area contributed by atoms with Crippen LogP contribution in [0.4, 0.5) is 0 Å². The van der Waals surface area contributed by atoms with Gasteiger partial charge < -0.3 is 0 Å². The lowest BCUT2D eigenvalue weighted by Gasteiger charge is -2.16. The zero-order valence-corrected chi connectivity index (χ0v) is 17.0. The molecule has 28 heavy (non-hydrogen) atoms. The van der Waals surface area contributed by atoms with Crippen LogP contribution in [0.1, 0.15) is 78.1 Å². The van der Waals surface area contributed by atoms with Crippen molar-refractivity contribution in [1.82, 2.24) is 0 Å². The predicted molar refractivity (Wildman–Crippen MR) is 110 cm³/mol. The number of carbonyl (C=O) groups excluding carboxylic acids is 4. The van der Waals surface area contributed by atoms with Crippen LogP contribution < -0.4 is 0 Å². The summed E-state index contributed by atoms with van der Waals surface area (Å²) in [6, 6.07) is 0. The molecule has 0 aliphatic heterocycles. The van der Waals surface area contributed by atoms with Crippen molar-refractivity contribution in [3.05, 3.63) is 46.6 Å². The van der Waals surface area contributed by atoms with Crippen LogP contribution in [0.5, 0.6) is 0 Å². The summed E-state index contributed by atoms with van der Waals surface area (Å²) in [4.78, 5) is 49.7. The first kappa shape index (κ1) is 21.9. The fraction of sp³-hybridized carbons (Fsp3) is 0.500. The van der Waals surface area contributed by atoms with Gasteiger partial charge in [-0.1, -0.05) is 52.4 Å². The Labute approximate surface area is 167 Å². The summed E-state index contributed by atoms with van der Waals surface area (Å²) in [7, 11) is 0. The van der Waals surface area contributed by atoms with Crippen LogP contribution in [-0.2, 0) is 19.2 Å². The van der Waals surface area contributed by atoms with Crippen LogP contribution in [0.25, 0.3) is 0 Å². The normalized spacial score (nSPS) is 17.4. The molecule has 2 rings (SSSR count). The molecule has 0 aromatic rings. The third-order valence-electron chi connectivity index (χ3n) is 5.21. The average molecular weight is 383 g/mol. The molecule has 150 valence electrons. The lowest BCUT2D eigenvalue weighted by atomic mass is 9.84. The minimum atomic E-state index is -0.364. The second-order valence-corrected chi connectivity index (χ2v) is 7.53. The summed E-state index contributed by atoms with van der Waals surface area (Å²) in [5.41, 5.74) is 1.07. The zero-order valence-electron chi connectivity index (χ0n) is 17.0. The fourth-order valence-electron chi connectivity index (χ4n) is 3.50. The third-order valence-corrected chi connectivity index (χ3v) is 5.21. The number of hydrogen-bond donors (Lipinski definition) is 0. The van der Waals surface area contributed by atoms with E-state index < -0.39 is 0 Å². The summed E-state index contributed by atoms with van der Waals surface area (Å²) in [6.45, 7) is 4.23. The van der Waals surface area contributed by atoms with Crippen LogP contribution in [0, 0.1) is 0 Å². The van der Waals surface area contributed by atoms with Gasteiger partial charge in [0, 0.05) is 22.3 Å². The average Bonchev–Trinajstić information content (AvgIpc) is 2.67. The van der Waals surface area contributed by atoms with Crippen LogP contribution in [0.2, 0.25) is 0 Å². The zero-order chi connectivity index (χ0) is 20.5. The minimum Gasteiger partial charge on any atom is -0.290 e. The van der Waals surface area contributed by atoms with Crippen LogP contribution in [0.3, 0.4) is 0 Å². The van der Waals surface area contributed by atoms with Gasteiger partial charge >= 0.3 is 0 Å². The van der Waals surface area contributed by atoms with E-state index in [4.69, 9.17) is 0 Å². The van der Waals surface area contributed by atoms with Gasteiger partial charge in [0.25, 0.3) is 0 Å². The monoisotopic (exact) mass is 382 g/mol. The van der Waals surface area contributed by atoms with Crippen molar-refractivity contribution < 1.29 is 19.2 Å². The van der Waals surface area contributed by atoms with Crippen molar-refractivity contribution in [3.8, 4) is 0 Å². The Morgan fingerprint density at radius 1 is 0.500 bits per heavy atom. The topological polar surface area (TPSA) is 68.3 Å². The molecule has 0 atom stereocenters. The van der Waals surface area contributed by atoms with Crippen molar-refractivity contribution in [1.29, 1.82) is 0 Å². The number of hydrogen-bond acceptors (Lipinski definition) is 4. The smallest absolute Gasteiger partial charge is 0.187 e. The summed E-state index contributed by atoms with van der Waals surface area (Å²) < 4.78 is 0. The van der Waals surface area contributed by atoms with E-state index in [0.717, 1.165) is 51.4 Å². The summed E-state index contributed by atoms with van der Waals surface area (Å²) in [5.74, 6) is -1.20. The highest BCUT2D eigenvalue weighted by Gasteiger charge is 2.28. The van der Waals surface area contributed by atoms with E-state index in [9.17, 15) is 19.2 Å². The standard InChI is InChI=1S/C24H30O4/c1-3-5-7-9-11-17-13-23(27)19(15-21(17)25)20-16-22(26)18(14-24(20)28)12-10-8-6-4-2/h13-16H,3-12H2,1-2H3. The SMILES string of the molecule is CCCCCCC1=CC(=O)C(C2=CC(=O)C(CCCCCC)=CC2=O)=CC1=O. The molecule has 4 nitrogen and oxygen atoms in total. The summed E-state index contributed by atoms with van der Waals surface area (Å²) in [6.07, 6.45) is 14.5. The number of rotatable bonds is 11. The molecule has 0 saturated heterocycles. The van der Waals surface area contributed by atoms with Gasteiger partial charge in [0.15, 0.2) is 23.1 Å². The van der Waals surface area contributed by atoms with Crippen molar-refractivity contribution in [2.75, 3.05) is 0 Å². The number of unbranched alkanes of at least 4 members (excludes halogenated alkanes) is 6. The first-order valence-corrected chi connectivity index (χ1v) is 10.5. The largest absolute Gasteiger partial charge is 0.290 e. The van der Waals surface area contributed by atoms with Crippen LogP contribution in [0.15, 0.2) is 46.6 Å². The Kier molecular flexibility index (Phi) is 8.49. The molecule has 0 amide bonds. The van der Waals surface area contributed by atoms with Crippen molar-refractivity contribution in [2.45, 2.75) is 78.1 Å². The van der Waals surface area contributed by atoms with E-state index in [2.05, 4.69) is 13.8 Å². The summed E-state index contributed by atoms with van der Waals surface area (Å²) >= 11 is 0. The van der Waals surface area contributed by atoms with Gasteiger partial charge in [0.1, 0.15) is 0 Å². The molecule has 2 aliphatic rings. The number of carbonyl (C=O) groups is 4. The number of allylic oxidation sites excluding steroid dienone is 8. The minimum absolute atomic E-state index is 0.0435. The molecule has 0 N–H and O–H groups in total. The molecule has 0 aromatic carbocycles. The van der Waals surface area contributed by atoms with E-state index in [0.29, 0.717) is 24.0 Å². The molecular formula is C24H30O4. The lowest BCUT2D eigenvalue weighted by molar-refractivity contribution is -0.116. The van der Waals surface area contributed by atoms with Crippen molar-refractivity contribution >= 4 is 23.1 Å². The van der Waals surface area contributed by atoms with E-state index in [1.165, 1.54) is 24.3 Å². The molecule has 0 bridgehead atoms. The molecule has 0 radical (unpaired) electrons. The quantitative estimate of drug-likeness (QED) is 0.375. The van der Waals surface area contributed by atoms with Gasteiger partial charge in [-0.25, -0.2) is 0 Å². The Balaban J connectivity index is 2.04. The highest BCUT2D eigenvalue weighted by molar-refractivity contribution is 6.30. The third kappa shape index (κ3) is 5.82. The molecule has 0 spiro atoms. The maximum Gasteiger partial charge on any atom is 0.187 e. The van der Waals surface area contributed by atoms with Crippen molar-refractivity contribution in [2.24, 2.45) is 0 Å². The van der Waals surface area contributed by atoms with E-state index in [1.807, 2.05) is 0 Å². The Bertz CT molecular complexity index is 708. The van der Waals surface area contributed by atoms with Crippen LogP contribution >= 0.6 is 0 Å². The van der Waals surface area contributed by atoms with Crippen molar-refractivity contribution in [3.63, 3.8) is 0 Å². The van der Waals surface area contributed by atoms with E-state index in [-0.39, 0.29) is 34.3 Å². The van der Waals surface area contributed by atoms with E-state index in [1.54, 1.807) is 0 Å². The first-order chi connectivity index (χ1) is 13.5. The van der Waals surface area contributed by atoms with Crippen LogP contribution in [-0.4, -0.2) is 23.1 Å². The van der Waals surface area contributed by atoms with Gasteiger partial charge in [-0.3, -0.25) is 19.2 Å². The first-order valence-electron chi connectivity index (χ1n) is 10.5. The molecule has 4 heteroatoms. The second-order valence-electron chi connectivity index (χ2n) is 7.53. The highest BCUT2D eigenvalue weighted by atomic mass is 16.1. The predicted octanol–water partition coefficient (Wildman–Crippen LogP) is 4.94. The fourth-order valence-corrected chi connectivity index (χ4v) is 3.50. The molecule has 0 heterocycles. The molecule has 0 unspecified atom stereocenters. The molecule has 0 fully saturated rings. The lowest BCUT2D eigenvalue weighted by Crippen LogP contribution is -2.21. The van der Waals surface area contributed by atoms with Gasteiger partial charge in [-0.2, -0.15) is 0 Å². The van der Waals surface area contributed by atoms with Gasteiger partial charge in [0.2, 0.25) is 0 Å². The summed E-state index contributed by atoms with van der Waals surface area (Å²) in [5, 5.41) is 0. The maximum absolute atomic E-state index is 12.5. The van der Waals surface area contributed by atoms with Gasteiger partial charge in [0.05, 0.1) is 0 Å².